The third-order valence-corrected chi connectivity index (χ3v) is 2.44. The fourth-order valence-corrected chi connectivity index (χ4v) is 1.35. The summed E-state index contributed by atoms with van der Waals surface area (Å²) in [4.78, 5) is 11.7. The number of hydrogen-bond acceptors (Lipinski definition) is 4. The SMILES string of the molecule is CCCNC(=O)C(C)n1cc(CNCC)nn1. The molecule has 1 rings (SSSR count). The molecule has 0 bridgehead atoms. The van der Waals surface area contributed by atoms with Crippen molar-refractivity contribution in [1.82, 2.24) is 25.6 Å². The first-order chi connectivity index (χ1) is 8.19. The molecule has 2 N–H and O–H groups in total. The van der Waals surface area contributed by atoms with Crippen LogP contribution < -0.4 is 10.6 Å². The van der Waals surface area contributed by atoms with Crippen LogP contribution in [0.3, 0.4) is 0 Å². The van der Waals surface area contributed by atoms with Gasteiger partial charge in [-0.3, -0.25) is 4.79 Å². The molecule has 17 heavy (non-hydrogen) atoms. The summed E-state index contributed by atoms with van der Waals surface area (Å²) in [6.07, 6.45) is 2.74. The van der Waals surface area contributed by atoms with Crippen LogP contribution in [0.1, 0.15) is 38.9 Å². The summed E-state index contributed by atoms with van der Waals surface area (Å²) < 4.78 is 1.59. The Kier molecular flexibility index (Phi) is 5.62. The predicted molar refractivity (Wildman–Crippen MR) is 65.4 cm³/mol. The number of rotatable bonds is 7. The average Bonchev–Trinajstić information content (AvgIpc) is 2.81. The predicted octanol–water partition coefficient (Wildman–Crippen LogP) is 0.475. The van der Waals surface area contributed by atoms with E-state index in [9.17, 15) is 4.79 Å². The first-order valence-electron chi connectivity index (χ1n) is 6.08. The minimum atomic E-state index is -0.315. The summed E-state index contributed by atoms with van der Waals surface area (Å²) in [7, 11) is 0. The van der Waals surface area contributed by atoms with E-state index in [2.05, 4.69) is 20.9 Å². The van der Waals surface area contributed by atoms with Crippen molar-refractivity contribution < 1.29 is 4.79 Å². The second kappa shape index (κ2) is 7.01. The lowest BCUT2D eigenvalue weighted by atomic mass is 10.3. The van der Waals surface area contributed by atoms with E-state index >= 15 is 0 Å². The molecule has 1 heterocycles. The lowest BCUT2D eigenvalue weighted by molar-refractivity contribution is -0.124. The molecule has 6 nitrogen and oxygen atoms in total. The third-order valence-electron chi connectivity index (χ3n) is 2.44. The first kappa shape index (κ1) is 13.6. The highest BCUT2D eigenvalue weighted by Gasteiger charge is 2.15. The number of nitrogens with zero attached hydrogens (tertiary/aromatic N) is 3. The van der Waals surface area contributed by atoms with Gasteiger partial charge >= 0.3 is 0 Å². The molecule has 0 aliphatic heterocycles. The van der Waals surface area contributed by atoms with Crippen molar-refractivity contribution in [2.75, 3.05) is 13.1 Å². The van der Waals surface area contributed by atoms with Gasteiger partial charge in [0.05, 0.1) is 11.9 Å². The molecule has 1 amide bonds. The fraction of sp³-hybridized carbons (Fsp3) is 0.727. The van der Waals surface area contributed by atoms with Crippen molar-refractivity contribution in [3.63, 3.8) is 0 Å². The van der Waals surface area contributed by atoms with E-state index in [1.807, 2.05) is 20.8 Å². The molecule has 0 aromatic carbocycles. The molecule has 1 aromatic heterocycles. The Labute approximate surface area is 102 Å². The highest BCUT2D eigenvalue weighted by Crippen LogP contribution is 2.04. The molecular weight excluding hydrogens is 218 g/mol. The van der Waals surface area contributed by atoms with Crippen LogP contribution in [0, 0.1) is 0 Å². The topological polar surface area (TPSA) is 71.8 Å². The number of hydrogen-bond donors (Lipinski definition) is 2. The van der Waals surface area contributed by atoms with Crippen LogP contribution in [0.5, 0.6) is 0 Å². The lowest BCUT2D eigenvalue weighted by Crippen LogP contribution is -2.31. The quantitative estimate of drug-likeness (QED) is 0.725. The smallest absolute Gasteiger partial charge is 0.244 e. The Morgan fingerprint density at radius 2 is 2.29 bits per heavy atom. The van der Waals surface area contributed by atoms with E-state index in [0.29, 0.717) is 13.1 Å². The van der Waals surface area contributed by atoms with Crippen molar-refractivity contribution in [2.45, 2.75) is 39.8 Å². The van der Waals surface area contributed by atoms with Crippen molar-refractivity contribution in [1.29, 1.82) is 0 Å². The van der Waals surface area contributed by atoms with Gasteiger partial charge in [0.15, 0.2) is 0 Å². The highest BCUT2D eigenvalue weighted by atomic mass is 16.2. The van der Waals surface area contributed by atoms with E-state index in [1.165, 1.54) is 0 Å². The third kappa shape index (κ3) is 4.14. The molecule has 0 spiro atoms. The molecule has 0 fully saturated rings. The highest BCUT2D eigenvalue weighted by molar-refractivity contribution is 5.79. The lowest BCUT2D eigenvalue weighted by Gasteiger charge is -2.10. The van der Waals surface area contributed by atoms with Crippen LogP contribution >= 0.6 is 0 Å². The summed E-state index contributed by atoms with van der Waals surface area (Å²) in [5, 5.41) is 14.0. The number of nitrogens with one attached hydrogen (secondary N) is 2. The Hall–Kier alpha value is -1.43. The first-order valence-corrected chi connectivity index (χ1v) is 6.08. The number of carbonyl (C=O) groups excluding carboxylic acids is 1. The van der Waals surface area contributed by atoms with Gasteiger partial charge < -0.3 is 10.6 Å². The van der Waals surface area contributed by atoms with Crippen molar-refractivity contribution in [3.8, 4) is 0 Å². The Morgan fingerprint density at radius 1 is 1.53 bits per heavy atom. The van der Waals surface area contributed by atoms with Crippen LogP contribution in [-0.2, 0) is 11.3 Å². The van der Waals surface area contributed by atoms with Gasteiger partial charge in [0.2, 0.25) is 5.91 Å². The maximum Gasteiger partial charge on any atom is 0.244 e. The van der Waals surface area contributed by atoms with Gasteiger partial charge in [-0.15, -0.1) is 5.10 Å². The van der Waals surface area contributed by atoms with Gasteiger partial charge in [0, 0.05) is 13.1 Å². The van der Waals surface area contributed by atoms with Gasteiger partial charge in [-0.2, -0.15) is 0 Å². The summed E-state index contributed by atoms with van der Waals surface area (Å²) in [5.41, 5.74) is 0.849. The van der Waals surface area contributed by atoms with Crippen molar-refractivity contribution in [3.05, 3.63) is 11.9 Å². The summed E-state index contributed by atoms with van der Waals surface area (Å²) in [6.45, 7) is 8.14. The molecule has 1 atom stereocenters. The van der Waals surface area contributed by atoms with Crippen molar-refractivity contribution >= 4 is 5.91 Å². The molecule has 0 saturated heterocycles. The number of carbonyl (C=O) groups is 1. The molecular formula is C11H21N5O. The Morgan fingerprint density at radius 3 is 2.94 bits per heavy atom. The monoisotopic (exact) mass is 239 g/mol. The van der Waals surface area contributed by atoms with Crippen LogP contribution in [0.2, 0.25) is 0 Å². The molecule has 6 heteroatoms. The second-order valence-electron chi connectivity index (χ2n) is 3.94. The van der Waals surface area contributed by atoms with Gasteiger partial charge in [0.25, 0.3) is 0 Å². The van der Waals surface area contributed by atoms with Gasteiger partial charge in [0.1, 0.15) is 6.04 Å². The van der Waals surface area contributed by atoms with Gasteiger partial charge in [-0.1, -0.05) is 19.1 Å². The standard InChI is InChI=1S/C11H21N5O/c1-4-6-13-11(17)9(3)16-8-10(14-15-16)7-12-5-2/h8-9,12H,4-7H2,1-3H3,(H,13,17). The van der Waals surface area contributed by atoms with Crippen molar-refractivity contribution in [2.24, 2.45) is 0 Å². The molecule has 1 aromatic rings. The molecule has 0 radical (unpaired) electrons. The summed E-state index contributed by atoms with van der Waals surface area (Å²) in [6, 6.07) is -0.315. The van der Waals surface area contributed by atoms with Gasteiger partial charge in [-0.05, 0) is 19.9 Å². The molecule has 0 saturated carbocycles. The number of aromatic nitrogens is 3. The number of amides is 1. The Balaban J connectivity index is 2.53. The minimum absolute atomic E-state index is 0.0215. The van der Waals surface area contributed by atoms with E-state index < -0.39 is 0 Å². The normalized spacial score (nSPS) is 12.4. The van der Waals surface area contributed by atoms with Gasteiger partial charge in [-0.25, -0.2) is 4.68 Å². The van der Waals surface area contributed by atoms with E-state index in [4.69, 9.17) is 0 Å². The van der Waals surface area contributed by atoms with Crippen LogP contribution in [0.4, 0.5) is 0 Å². The van der Waals surface area contributed by atoms with Crippen LogP contribution in [-0.4, -0.2) is 34.0 Å². The van der Waals surface area contributed by atoms with Crippen LogP contribution in [0.15, 0.2) is 6.20 Å². The Bertz CT molecular complexity index is 349. The maximum atomic E-state index is 11.7. The van der Waals surface area contributed by atoms with E-state index in [1.54, 1.807) is 10.9 Å². The summed E-state index contributed by atoms with van der Waals surface area (Å²) in [5.74, 6) is -0.0215. The molecule has 0 aliphatic carbocycles. The minimum Gasteiger partial charge on any atom is -0.354 e. The molecule has 0 aliphatic rings. The van der Waals surface area contributed by atoms with Crippen LogP contribution in [0.25, 0.3) is 0 Å². The zero-order valence-corrected chi connectivity index (χ0v) is 10.7. The second-order valence-corrected chi connectivity index (χ2v) is 3.94. The summed E-state index contributed by atoms with van der Waals surface area (Å²) >= 11 is 0. The molecule has 1 unspecified atom stereocenters. The molecule has 96 valence electrons. The zero-order chi connectivity index (χ0) is 12.7. The zero-order valence-electron chi connectivity index (χ0n) is 10.7. The maximum absolute atomic E-state index is 11.7. The largest absolute Gasteiger partial charge is 0.354 e. The van der Waals surface area contributed by atoms with E-state index in [0.717, 1.165) is 18.7 Å². The fourth-order valence-electron chi connectivity index (χ4n) is 1.35. The van der Waals surface area contributed by atoms with E-state index in [-0.39, 0.29) is 11.9 Å². The average molecular weight is 239 g/mol.